The van der Waals surface area contributed by atoms with E-state index in [1.165, 1.54) is 26.7 Å². The van der Waals surface area contributed by atoms with Gasteiger partial charge >= 0.3 is 146 Å². The molecule has 2 aliphatic rings. The van der Waals surface area contributed by atoms with Crippen molar-refractivity contribution >= 4 is 25.9 Å². The van der Waals surface area contributed by atoms with E-state index in [2.05, 4.69) is 77.2 Å². The summed E-state index contributed by atoms with van der Waals surface area (Å²) in [4.78, 5) is 0. The Morgan fingerprint density at radius 2 is 1.77 bits per heavy atom. The van der Waals surface area contributed by atoms with Crippen LogP contribution in [0.5, 0.6) is 0 Å². The Morgan fingerprint density at radius 3 is 2.55 bits per heavy atom. The van der Waals surface area contributed by atoms with Gasteiger partial charge in [0.1, 0.15) is 0 Å². The van der Waals surface area contributed by atoms with Crippen molar-refractivity contribution in [1.29, 1.82) is 0 Å². The van der Waals surface area contributed by atoms with E-state index in [1.54, 1.807) is 12.1 Å². The monoisotopic (exact) mass is 516 g/mol. The topological polar surface area (TPSA) is 0 Å². The minimum atomic E-state index is -0.625. The Bertz CT molecular complexity index is 766. The summed E-state index contributed by atoms with van der Waals surface area (Å²) >= 11 is 1.91. The smallest absolute Gasteiger partial charge is 1.00 e. The van der Waals surface area contributed by atoms with E-state index < -0.39 is 23.2 Å². The quantitative estimate of drug-likeness (QED) is 0.360. The van der Waals surface area contributed by atoms with E-state index in [0.29, 0.717) is 0 Å². The number of hydrogen-bond donors (Lipinski definition) is 0. The van der Waals surface area contributed by atoms with E-state index in [9.17, 15) is 0 Å². The minimum Gasteiger partial charge on any atom is -1.00 e. The molecule has 0 spiro atoms. The fourth-order valence-electron chi connectivity index (χ4n) is 3.02. The standard InChI is InChI=1S/C13H8I.C5H5.2ClH.Zr/c14-11-5-6-13-10(8-11)7-9-3-1-2-4-12(9)13;1-2-4-5-3-1;;;/h1-6H,7H2;1-3H,4H2;2*1H;/q;;;;+2/p-2. The molecule has 0 aliphatic heterocycles. The molecule has 0 fully saturated rings. The molecule has 4 heteroatoms. The summed E-state index contributed by atoms with van der Waals surface area (Å²) in [6.45, 7) is 0. The first-order chi connectivity index (χ1) is 9.83. The fraction of sp³-hybridized carbons (Fsp3) is 0.111. The molecule has 0 saturated carbocycles. The molecule has 0 bridgehead atoms. The largest absolute Gasteiger partial charge is 1.00 e. The Labute approximate surface area is 169 Å². The van der Waals surface area contributed by atoms with Crippen molar-refractivity contribution in [1.82, 2.24) is 0 Å². The molecule has 0 unspecified atom stereocenters. The van der Waals surface area contributed by atoms with Crippen LogP contribution in [0.25, 0.3) is 11.1 Å². The molecule has 2 aromatic rings. The molecule has 0 nitrogen and oxygen atoms in total. The van der Waals surface area contributed by atoms with Gasteiger partial charge in [0.2, 0.25) is 0 Å². The van der Waals surface area contributed by atoms with E-state index in [-0.39, 0.29) is 24.8 Å². The van der Waals surface area contributed by atoms with Crippen molar-refractivity contribution in [3.8, 4) is 11.1 Å². The van der Waals surface area contributed by atoms with Crippen LogP contribution in [0.2, 0.25) is 0 Å². The number of halogens is 3. The van der Waals surface area contributed by atoms with E-state index in [4.69, 9.17) is 0 Å². The van der Waals surface area contributed by atoms with E-state index >= 15 is 0 Å². The second-order valence-electron chi connectivity index (χ2n) is 5.23. The van der Waals surface area contributed by atoms with E-state index in [1.807, 2.05) is 0 Å². The molecular weight excluding hydrogens is 505 g/mol. The maximum absolute atomic E-state index is 2.53. The molecular formula is C18H13Cl2IZr. The molecule has 0 heterocycles. The molecule has 0 amide bonds. The third-order valence-corrected chi connectivity index (χ3v) is 9.86. The zero-order valence-corrected chi connectivity index (χ0v) is 17.9. The fourth-order valence-corrected chi connectivity index (χ4v) is 7.51. The Morgan fingerprint density at radius 1 is 0.955 bits per heavy atom. The molecule has 2 aromatic carbocycles. The first kappa shape index (κ1) is 18.5. The predicted octanol–water partition coefficient (Wildman–Crippen LogP) is -1.58. The molecule has 0 N–H and O–H groups in total. The number of allylic oxidation sites excluding steroid dienone is 4. The second-order valence-corrected chi connectivity index (χ2v) is 9.82. The summed E-state index contributed by atoms with van der Waals surface area (Å²) < 4.78 is 4.89. The normalized spacial score (nSPS) is 13.4. The predicted molar refractivity (Wildman–Crippen MR) is 88.9 cm³/mol. The van der Waals surface area contributed by atoms with Crippen molar-refractivity contribution < 1.29 is 48.0 Å². The summed E-state index contributed by atoms with van der Waals surface area (Å²) in [5, 5.41) is 0. The zero-order chi connectivity index (χ0) is 13.5. The van der Waals surface area contributed by atoms with Gasteiger partial charge in [0, 0.05) is 0 Å². The Hall–Kier alpha value is 0.113. The molecule has 22 heavy (non-hydrogen) atoms. The number of hydrogen-bond acceptors (Lipinski definition) is 0. The van der Waals surface area contributed by atoms with Gasteiger partial charge in [-0.05, 0) is 0 Å². The minimum absolute atomic E-state index is 0. The van der Waals surface area contributed by atoms with Crippen molar-refractivity contribution in [2.75, 3.05) is 0 Å². The first-order valence-corrected chi connectivity index (χ1v) is 10.4. The SMILES string of the molecule is Ic1ccc2c([c]1[Zr+2][C]1=CC=CC1)Cc1ccccc1-2.[Cl-].[Cl-]. The molecule has 4 rings (SSSR count). The summed E-state index contributed by atoms with van der Waals surface area (Å²) in [5.74, 6) is 0. The molecule has 0 radical (unpaired) electrons. The summed E-state index contributed by atoms with van der Waals surface area (Å²) in [6, 6.07) is 13.5. The van der Waals surface area contributed by atoms with Crippen LogP contribution in [-0.4, -0.2) is 0 Å². The van der Waals surface area contributed by atoms with Crippen LogP contribution in [0, 0.1) is 3.57 Å². The van der Waals surface area contributed by atoms with Crippen LogP contribution in [0.4, 0.5) is 0 Å². The molecule has 0 atom stereocenters. The number of rotatable bonds is 2. The van der Waals surface area contributed by atoms with E-state index in [0.717, 1.165) is 6.42 Å². The average Bonchev–Trinajstić information content (AvgIpc) is 3.09. The van der Waals surface area contributed by atoms with Gasteiger partial charge in [-0.3, -0.25) is 0 Å². The van der Waals surface area contributed by atoms with Crippen LogP contribution in [0.1, 0.15) is 17.5 Å². The molecule has 0 saturated heterocycles. The van der Waals surface area contributed by atoms with Crippen molar-refractivity contribution in [2.45, 2.75) is 12.8 Å². The summed E-state index contributed by atoms with van der Waals surface area (Å²) in [6.07, 6.45) is 9.20. The van der Waals surface area contributed by atoms with Crippen LogP contribution in [0.3, 0.4) is 0 Å². The number of fused-ring (bicyclic) bond motifs is 3. The van der Waals surface area contributed by atoms with Crippen LogP contribution in [0.15, 0.2) is 57.9 Å². The van der Waals surface area contributed by atoms with Gasteiger partial charge in [-0.2, -0.15) is 0 Å². The average molecular weight is 518 g/mol. The maximum atomic E-state index is 2.53. The summed E-state index contributed by atoms with van der Waals surface area (Å²) in [5.41, 5.74) is 6.07. The van der Waals surface area contributed by atoms with Gasteiger partial charge in [0.25, 0.3) is 0 Å². The van der Waals surface area contributed by atoms with Crippen molar-refractivity contribution in [3.05, 3.63) is 72.6 Å². The summed E-state index contributed by atoms with van der Waals surface area (Å²) in [7, 11) is 0. The molecule has 0 aromatic heterocycles. The zero-order valence-electron chi connectivity index (χ0n) is 11.7. The second kappa shape index (κ2) is 7.79. The van der Waals surface area contributed by atoms with Crippen LogP contribution >= 0.6 is 22.6 Å². The van der Waals surface area contributed by atoms with Crippen molar-refractivity contribution in [3.63, 3.8) is 0 Å². The maximum Gasteiger partial charge on any atom is -1.00 e. The third-order valence-electron chi connectivity index (χ3n) is 3.99. The van der Waals surface area contributed by atoms with Crippen LogP contribution in [-0.2, 0) is 29.7 Å². The van der Waals surface area contributed by atoms with Gasteiger partial charge < -0.3 is 24.8 Å². The molecule has 2 aliphatic carbocycles. The Balaban J connectivity index is 0.000000882. The van der Waals surface area contributed by atoms with Gasteiger partial charge in [0.05, 0.1) is 0 Å². The molecule has 110 valence electrons. The number of benzene rings is 2. The Kier molecular flexibility index (Phi) is 6.53. The van der Waals surface area contributed by atoms with Gasteiger partial charge in [-0.1, -0.05) is 0 Å². The van der Waals surface area contributed by atoms with Gasteiger partial charge in [-0.15, -0.1) is 0 Å². The van der Waals surface area contributed by atoms with Crippen molar-refractivity contribution in [2.24, 2.45) is 0 Å². The van der Waals surface area contributed by atoms with Gasteiger partial charge in [-0.25, -0.2) is 0 Å². The van der Waals surface area contributed by atoms with Gasteiger partial charge in [0.15, 0.2) is 0 Å². The first-order valence-electron chi connectivity index (χ1n) is 6.85. The van der Waals surface area contributed by atoms with Crippen LogP contribution < -0.4 is 28.1 Å². The third kappa shape index (κ3) is 3.31.